The van der Waals surface area contributed by atoms with Crippen LogP contribution in [-0.4, -0.2) is 24.1 Å². The van der Waals surface area contributed by atoms with E-state index < -0.39 is 0 Å². The number of aromatic nitrogens is 5. The zero-order valence-corrected chi connectivity index (χ0v) is 21.4. The fourth-order valence-corrected chi connectivity index (χ4v) is 7.26. The van der Waals surface area contributed by atoms with Gasteiger partial charge in [0.1, 0.15) is 12.7 Å². The Labute approximate surface area is 226 Å². The first-order valence-corrected chi connectivity index (χ1v) is 13.7. The molecule has 0 unspecified atom stereocenters. The van der Waals surface area contributed by atoms with Crippen molar-refractivity contribution >= 4 is 75.1 Å². The molecule has 9 aromatic rings. The molecule has 0 saturated heterocycles. The Morgan fingerprint density at radius 3 is 1.82 bits per heavy atom. The number of hydrogen-bond donors (Lipinski definition) is 0. The molecule has 0 spiro atoms. The molecule has 9 rings (SSSR count). The lowest BCUT2D eigenvalue weighted by Crippen LogP contribution is -2.02. The Bertz CT molecular complexity index is 2400. The molecule has 0 aliphatic carbocycles. The molecule has 39 heavy (non-hydrogen) atoms. The molecule has 0 aliphatic heterocycles. The molecule has 4 aromatic heterocycles. The van der Waals surface area contributed by atoms with Crippen molar-refractivity contribution in [3.8, 4) is 11.6 Å². The van der Waals surface area contributed by atoms with Crippen LogP contribution in [0.15, 0.2) is 116 Å². The summed E-state index contributed by atoms with van der Waals surface area (Å²) in [7, 11) is 0. The molecule has 4 heterocycles. The van der Waals surface area contributed by atoms with Gasteiger partial charge in [-0.05, 0) is 36.4 Å². The van der Waals surface area contributed by atoms with E-state index in [0.717, 1.165) is 22.2 Å². The Balaban J connectivity index is 1.51. The molecule has 0 aliphatic rings. The summed E-state index contributed by atoms with van der Waals surface area (Å²) in [4.78, 5) is 13.3. The molecule has 5 nitrogen and oxygen atoms in total. The summed E-state index contributed by atoms with van der Waals surface area (Å²) in [5.41, 5.74) is 5.61. The summed E-state index contributed by atoms with van der Waals surface area (Å²) < 4.78 is 7.20. The second kappa shape index (κ2) is 7.72. The molecule has 0 bridgehead atoms. The molecule has 0 amide bonds. The summed E-state index contributed by atoms with van der Waals surface area (Å²) in [6.07, 6.45) is 3.13. The number of para-hydroxylation sites is 2. The molecule has 0 fully saturated rings. The first kappa shape index (κ1) is 20.9. The van der Waals surface area contributed by atoms with Gasteiger partial charge in [0, 0.05) is 47.4 Å². The Morgan fingerprint density at radius 2 is 1.08 bits per heavy atom. The number of nitrogens with zero attached hydrogens (tertiary/aromatic N) is 5. The van der Waals surface area contributed by atoms with Crippen molar-refractivity contribution < 1.29 is 0 Å². The van der Waals surface area contributed by atoms with E-state index in [0.29, 0.717) is 5.95 Å². The van der Waals surface area contributed by atoms with E-state index in [4.69, 9.17) is 0 Å². The maximum Gasteiger partial charge on any atom is 0.237 e. The van der Waals surface area contributed by atoms with Crippen LogP contribution < -0.4 is 0 Å². The Hall–Kier alpha value is -5.07. The van der Waals surface area contributed by atoms with E-state index in [-0.39, 0.29) is 0 Å². The van der Waals surface area contributed by atoms with Gasteiger partial charge in [0.15, 0.2) is 0 Å². The van der Waals surface area contributed by atoms with Crippen molar-refractivity contribution in [2.75, 3.05) is 0 Å². The molecular formula is C33H19N5S. The number of hydrogen-bond acceptors (Lipinski definition) is 4. The van der Waals surface area contributed by atoms with Gasteiger partial charge in [0.2, 0.25) is 5.95 Å². The van der Waals surface area contributed by atoms with Crippen LogP contribution in [0.4, 0.5) is 0 Å². The van der Waals surface area contributed by atoms with Gasteiger partial charge >= 0.3 is 0 Å². The fourth-order valence-electron chi connectivity index (χ4n) is 6.18. The smallest absolute Gasteiger partial charge is 0.237 e. The summed E-state index contributed by atoms with van der Waals surface area (Å²) >= 11 is 1.84. The lowest BCUT2D eigenvalue weighted by atomic mass is 10.1. The van der Waals surface area contributed by atoms with Crippen molar-refractivity contribution in [2.24, 2.45) is 0 Å². The topological polar surface area (TPSA) is 48.5 Å². The van der Waals surface area contributed by atoms with Crippen molar-refractivity contribution in [1.29, 1.82) is 0 Å². The molecule has 6 heteroatoms. The Morgan fingerprint density at radius 1 is 0.487 bits per heavy atom. The minimum Gasteiger partial charge on any atom is -0.307 e. The van der Waals surface area contributed by atoms with Gasteiger partial charge in [0.05, 0.1) is 22.1 Å². The van der Waals surface area contributed by atoms with Crippen molar-refractivity contribution in [3.63, 3.8) is 0 Å². The van der Waals surface area contributed by atoms with Gasteiger partial charge in [-0.15, -0.1) is 11.3 Å². The second-order valence-corrected chi connectivity index (χ2v) is 10.9. The van der Waals surface area contributed by atoms with Crippen LogP contribution in [0.1, 0.15) is 0 Å². The van der Waals surface area contributed by atoms with E-state index in [1.165, 1.54) is 47.2 Å². The first-order valence-electron chi connectivity index (χ1n) is 12.9. The normalized spacial score (nSPS) is 12.1. The molecule has 0 N–H and O–H groups in total. The molecule has 182 valence electrons. The predicted octanol–water partition coefficient (Wildman–Crippen LogP) is 8.43. The molecular weight excluding hydrogens is 498 g/mol. The van der Waals surface area contributed by atoms with Gasteiger partial charge in [-0.3, -0.25) is 4.57 Å². The van der Waals surface area contributed by atoms with Gasteiger partial charge in [-0.1, -0.05) is 66.7 Å². The molecule has 0 saturated carbocycles. The third-order valence-electron chi connectivity index (χ3n) is 7.77. The quantitative estimate of drug-likeness (QED) is 0.231. The average molecular weight is 518 g/mol. The maximum atomic E-state index is 4.59. The predicted molar refractivity (Wildman–Crippen MR) is 161 cm³/mol. The molecule has 5 aromatic carbocycles. The lowest BCUT2D eigenvalue weighted by Gasteiger charge is -2.11. The van der Waals surface area contributed by atoms with Gasteiger partial charge in [-0.2, -0.15) is 0 Å². The largest absolute Gasteiger partial charge is 0.307 e. The summed E-state index contributed by atoms with van der Waals surface area (Å²) in [5, 5.41) is 7.34. The van der Waals surface area contributed by atoms with Gasteiger partial charge in [-0.25, -0.2) is 15.0 Å². The number of rotatable bonds is 2. The van der Waals surface area contributed by atoms with E-state index in [9.17, 15) is 0 Å². The number of benzene rings is 5. The standard InChI is InChI=1S/C33H19N5S/c1-4-10-27-21(7-1)24-14-15-25-22-8-2-5-11-28(22)38(33-35-18-34-19-36-33)32(25)31(24)37(27)20-13-16-30-26(17-20)23-9-3-6-12-29(23)39-30/h1-19H. The van der Waals surface area contributed by atoms with Crippen LogP contribution in [-0.2, 0) is 0 Å². The zero-order chi connectivity index (χ0) is 25.5. The van der Waals surface area contributed by atoms with E-state index in [1.807, 2.05) is 11.3 Å². The summed E-state index contributed by atoms with van der Waals surface area (Å²) in [6, 6.07) is 37.2. The summed E-state index contributed by atoms with van der Waals surface area (Å²) in [5.74, 6) is 0.611. The van der Waals surface area contributed by atoms with Crippen molar-refractivity contribution in [1.82, 2.24) is 24.1 Å². The highest BCUT2D eigenvalue weighted by molar-refractivity contribution is 7.25. The third-order valence-corrected chi connectivity index (χ3v) is 8.92. The SMILES string of the molecule is c1ccc2c(c1)sc1ccc(-n3c4ccccc4c4ccc5c6ccccc6n(-c6ncncn6)c5c43)cc12. The van der Waals surface area contributed by atoms with Crippen LogP contribution in [0.5, 0.6) is 0 Å². The van der Waals surface area contributed by atoms with Crippen molar-refractivity contribution in [2.45, 2.75) is 0 Å². The average Bonchev–Trinajstić information content (AvgIpc) is 3.65. The van der Waals surface area contributed by atoms with Gasteiger partial charge in [0.25, 0.3) is 0 Å². The van der Waals surface area contributed by atoms with Crippen LogP contribution in [0, 0.1) is 0 Å². The van der Waals surface area contributed by atoms with E-state index >= 15 is 0 Å². The zero-order valence-electron chi connectivity index (χ0n) is 20.6. The molecule has 0 radical (unpaired) electrons. The first-order chi connectivity index (χ1) is 19.4. The van der Waals surface area contributed by atoms with Gasteiger partial charge < -0.3 is 4.57 Å². The highest BCUT2D eigenvalue weighted by atomic mass is 32.1. The van der Waals surface area contributed by atoms with E-state index in [2.05, 4.69) is 127 Å². The van der Waals surface area contributed by atoms with Crippen LogP contribution in [0.3, 0.4) is 0 Å². The van der Waals surface area contributed by atoms with E-state index in [1.54, 1.807) is 12.7 Å². The monoisotopic (exact) mass is 517 g/mol. The van der Waals surface area contributed by atoms with Crippen LogP contribution >= 0.6 is 11.3 Å². The third kappa shape index (κ3) is 2.81. The minimum absolute atomic E-state index is 0.611. The lowest BCUT2D eigenvalue weighted by molar-refractivity contribution is 0.939. The highest BCUT2D eigenvalue weighted by Crippen LogP contribution is 2.42. The number of thiophene rings is 1. The molecule has 0 atom stereocenters. The Kier molecular flexibility index (Phi) is 4.14. The summed E-state index contributed by atoms with van der Waals surface area (Å²) in [6.45, 7) is 0. The number of fused-ring (bicyclic) bond motifs is 10. The minimum atomic E-state index is 0.611. The second-order valence-electron chi connectivity index (χ2n) is 9.78. The van der Waals surface area contributed by atoms with Crippen LogP contribution in [0.25, 0.3) is 75.4 Å². The van der Waals surface area contributed by atoms with Crippen LogP contribution in [0.2, 0.25) is 0 Å². The highest BCUT2D eigenvalue weighted by Gasteiger charge is 2.22. The van der Waals surface area contributed by atoms with Crippen molar-refractivity contribution in [3.05, 3.63) is 116 Å². The maximum absolute atomic E-state index is 4.59. The fraction of sp³-hybridized carbons (Fsp3) is 0.